The first-order valence-electron chi connectivity index (χ1n) is 11.9. The van der Waals surface area contributed by atoms with Crippen LogP contribution in [-0.2, 0) is 16.0 Å². The largest absolute Gasteiger partial charge is 0.475 e. The number of nitrogens with one attached hydrogen (secondary N) is 2. The van der Waals surface area contributed by atoms with Crippen LogP contribution >= 0.6 is 24.0 Å². The lowest BCUT2D eigenvalue weighted by Crippen LogP contribution is -2.38. The Morgan fingerprint density at radius 3 is 2.75 bits per heavy atom. The van der Waals surface area contributed by atoms with Gasteiger partial charge in [-0.05, 0) is 63.0 Å². The number of rotatable bonds is 13. The third-order valence-corrected chi connectivity index (χ3v) is 5.14. The van der Waals surface area contributed by atoms with Crippen LogP contribution in [0.4, 0.5) is 0 Å². The fourth-order valence-electron chi connectivity index (χ4n) is 3.59. The molecule has 1 atom stereocenters. The predicted octanol–water partition coefficient (Wildman–Crippen LogP) is 4.40. The number of aliphatic imine (C=N–C) groups is 1. The van der Waals surface area contributed by atoms with Gasteiger partial charge in [-0.3, -0.25) is 0 Å². The van der Waals surface area contributed by atoms with E-state index in [4.69, 9.17) is 19.2 Å². The number of nitrogens with zero attached hydrogens (tertiary/aromatic N) is 2. The monoisotopic (exact) mass is 562 g/mol. The molecule has 1 aromatic heterocycles. The summed E-state index contributed by atoms with van der Waals surface area (Å²) >= 11 is 0. The van der Waals surface area contributed by atoms with Crippen molar-refractivity contribution in [1.82, 2.24) is 15.6 Å². The fraction of sp³-hybridized carbons (Fsp3) is 0.750. The summed E-state index contributed by atoms with van der Waals surface area (Å²) in [5, 5.41) is 6.69. The Bertz CT molecular complexity index is 639. The molecule has 1 aliphatic heterocycles. The molecule has 0 saturated carbocycles. The van der Waals surface area contributed by atoms with E-state index in [2.05, 4.69) is 43.3 Å². The maximum absolute atomic E-state index is 5.95. The summed E-state index contributed by atoms with van der Waals surface area (Å²) in [6.07, 6.45) is 6.14. The second-order valence-electron chi connectivity index (χ2n) is 8.67. The standard InChI is InChI=1S/C24H42N4O3.HI/c1-5-25-24(27-10-6-12-30-18-21-8-13-29-14-9-21)28-17-22-7-11-26-23(16-22)31-20(4)15-19(2)3;/h7,11,16,19-21H,5-6,8-10,12-15,17-18H2,1-4H3,(H2,25,27,28);1H. The van der Waals surface area contributed by atoms with Gasteiger partial charge in [0.1, 0.15) is 0 Å². The Labute approximate surface area is 211 Å². The van der Waals surface area contributed by atoms with Gasteiger partial charge in [0.2, 0.25) is 5.88 Å². The first kappa shape index (κ1) is 28.9. The molecule has 1 aliphatic rings. The van der Waals surface area contributed by atoms with E-state index in [1.54, 1.807) is 6.20 Å². The van der Waals surface area contributed by atoms with E-state index in [9.17, 15) is 0 Å². The third-order valence-electron chi connectivity index (χ3n) is 5.14. The molecular formula is C24H43IN4O3. The van der Waals surface area contributed by atoms with E-state index in [1.165, 1.54) is 0 Å². The lowest BCUT2D eigenvalue weighted by molar-refractivity contribution is 0.0203. The van der Waals surface area contributed by atoms with Gasteiger partial charge >= 0.3 is 0 Å². The highest BCUT2D eigenvalue weighted by Crippen LogP contribution is 2.16. The Balaban J connectivity index is 0.00000512. The Morgan fingerprint density at radius 2 is 2.03 bits per heavy atom. The summed E-state index contributed by atoms with van der Waals surface area (Å²) in [6, 6.07) is 3.96. The van der Waals surface area contributed by atoms with Gasteiger partial charge in [0.05, 0.1) is 12.6 Å². The number of guanidine groups is 1. The smallest absolute Gasteiger partial charge is 0.213 e. The molecule has 0 aliphatic carbocycles. The molecule has 0 bridgehead atoms. The SMILES string of the molecule is CCNC(=NCc1ccnc(OC(C)CC(C)C)c1)NCCCOCC1CCOCC1.I. The van der Waals surface area contributed by atoms with Crippen LogP contribution < -0.4 is 15.4 Å². The van der Waals surface area contributed by atoms with Gasteiger partial charge in [0.15, 0.2) is 5.96 Å². The molecular weight excluding hydrogens is 519 g/mol. The quantitative estimate of drug-likeness (QED) is 0.161. The summed E-state index contributed by atoms with van der Waals surface area (Å²) in [7, 11) is 0. The van der Waals surface area contributed by atoms with Crippen molar-refractivity contribution in [2.75, 3.05) is 39.5 Å². The molecule has 2 N–H and O–H groups in total. The number of hydrogen-bond acceptors (Lipinski definition) is 5. The molecule has 2 heterocycles. The molecule has 1 unspecified atom stereocenters. The second kappa shape index (κ2) is 17.4. The maximum atomic E-state index is 5.95. The van der Waals surface area contributed by atoms with Gasteiger partial charge in [-0.1, -0.05) is 13.8 Å². The van der Waals surface area contributed by atoms with Crippen molar-refractivity contribution in [2.45, 2.75) is 66.0 Å². The van der Waals surface area contributed by atoms with Gasteiger partial charge < -0.3 is 24.8 Å². The van der Waals surface area contributed by atoms with Gasteiger partial charge in [0, 0.05) is 51.8 Å². The van der Waals surface area contributed by atoms with Crippen molar-refractivity contribution in [1.29, 1.82) is 0 Å². The minimum atomic E-state index is 0. The van der Waals surface area contributed by atoms with E-state index >= 15 is 0 Å². The van der Waals surface area contributed by atoms with E-state index in [0.717, 1.165) is 76.7 Å². The van der Waals surface area contributed by atoms with Crippen LogP contribution in [0.25, 0.3) is 0 Å². The van der Waals surface area contributed by atoms with Gasteiger partial charge in [-0.15, -0.1) is 24.0 Å². The molecule has 1 fully saturated rings. The Morgan fingerprint density at radius 1 is 1.25 bits per heavy atom. The molecule has 1 aromatic rings. The summed E-state index contributed by atoms with van der Waals surface area (Å²) in [4.78, 5) is 9.04. The van der Waals surface area contributed by atoms with Crippen LogP contribution in [0.15, 0.2) is 23.3 Å². The molecule has 184 valence electrons. The first-order chi connectivity index (χ1) is 15.1. The van der Waals surface area contributed by atoms with Crippen LogP contribution in [0, 0.1) is 11.8 Å². The third kappa shape index (κ3) is 12.8. The summed E-state index contributed by atoms with van der Waals surface area (Å²) in [5.41, 5.74) is 1.08. The zero-order valence-electron chi connectivity index (χ0n) is 20.3. The van der Waals surface area contributed by atoms with Crippen molar-refractivity contribution >= 4 is 29.9 Å². The average molecular weight is 563 g/mol. The number of halogens is 1. The zero-order chi connectivity index (χ0) is 22.3. The number of hydrogen-bond donors (Lipinski definition) is 2. The minimum Gasteiger partial charge on any atom is -0.475 e. The van der Waals surface area contributed by atoms with Gasteiger partial charge in [-0.25, -0.2) is 9.98 Å². The fourth-order valence-corrected chi connectivity index (χ4v) is 3.59. The lowest BCUT2D eigenvalue weighted by atomic mass is 10.0. The average Bonchev–Trinajstić information content (AvgIpc) is 2.74. The molecule has 2 rings (SSSR count). The van der Waals surface area contributed by atoms with Crippen LogP contribution in [0.3, 0.4) is 0 Å². The molecule has 1 saturated heterocycles. The van der Waals surface area contributed by atoms with Gasteiger partial charge in [0.25, 0.3) is 0 Å². The predicted molar refractivity (Wildman–Crippen MR) is 141 cm³/mol. The van der Waals surface area contributed by atoms with E-state index in [-0.39, 0.29) is 30.1 Å². The lowest BCUT2D eigenvalue weighted by Gasteiger charge is -2.21. The zero-order valence-corrected chi connectivity index (χ0v) is 22.6. The van der Waals surface area contributed by atoms with Crippen molar-refractivity contribution in [2.24, 2.45) is 16.8 Å². The van der Waals surface area contributed by atoms with Crippen molar-refractivity contribution in [3.05, 3.63) is 23.9 Å². The minimum absolute atomic E-state index is 0. The summed E-state index contributed by atoms with van der Waals surface area (Å²) in [5.74, 6) is 2.74. The van der Waals surface area contributed by atoms with Crippen LogP contribution in [0.2, 0.25) is 0 Å². The Kier molecular flexibility index (Phi) is 15.7. The second-order valence-corrected chi connectivity index (χ2v) is 8.67. The van der Waals surface area contributed by atoms with Crippen molar-refractivity contribution < 1.29 is 14.2 Å². The van der Waals surface area contributed by atoms with Crippen LogP contribution in [0.1, 0.15) is 58.9 Å². The van der Waals surface area contributed by atoms with Gasteiger partial charge in [-0.2, -0.15) is 0 Å². The number of ether oxygens (including phenoxy) is 3. The molecule has 0 radical (unpaired) electrons. The maximum Gasteiger partial charge on any atom is 0.213 e. The Hall–Kier alpha value is -1.13. The van der Waals surface area contributed by atoms with Crippen molar-refractivity contribution in [3.8, 4) is 5.88 Å². The molecule has 32 heavy (non-hydrogen) atoms. The van der Waals surface area contributed by atoms with Crippen LogP contribution in [-0.4, -0.2) is 56.6 Å². The first-order valence-corrected chi connectivity index (χ1v) is 11.9. The molecule has 8 heteroatoms. The highest BCUT2D eigenvalue weighted by molar-refractivity contribution is 14.0. The van der Waals surface area contributed by atoms with E-state index in [1.807, 2.05) is 12.1 Å². The topological polar surface area (TPSA) is 77.0 Å². The molecule has 0 spiro atoms. The highest BCUT2D eigenvalue weighted by atomic mass is 127. The van der Waals surface area contributed by atoms with Crippen LogP contribution in [0.5, 0.6) is 5.88 Å². The molecule has 0 aromatic carbocycles. The highest BCUT2D eigenvalue weighted by Gasteiger charge is 2.13. The normalized spacial score (nSPS) is 15.8. The number of pyridine rings is 1. The number of aromatic nitrogens is 1. The van der Waals surface area contributed by atoms with E-state index in [0.29, 0.717) is 24.3 Å². The van der Waals surface area contributed by atoms with E-state index < -0.39 is 0 Å². The summed E-state index contributed by atoms with van der Waals surface area (Å²) in [6.45, 7) is 14.2. The summed E-state index contributed by atoms with van der Waals surface area (Å²) < 4.78 is 17.2. The van der Waals surface area contributed by atoms with Crippen molar-refractivity contribution in [3.63, 3.8) is 0 Å². The molecule has 0 amide bonds. The molecule has 7 nitrogen and oxygen atoms in total.